The normalized spacial score (nSPS) is 17.9. The molecule has 0 atom stereocenters. The van der Waals surface area contributed by atoms with Crippen LogP contribution in [0.25, 0.3) is 11.0 Å². The Morgan fingerprint density at radius 1 is 1.44 bits per heavy atom. The Balaban J connectivity index is 1.96. The third-order valence-corrected chi connectivity index (χ3v) is 3.66. The predicted octanol–water partition coefficient (Wildman–Crippen LogP) is 2.07. The molecular formula is C11H13BrN4. The average molecular weight is 281 g/mol. The first-order valence-corrected chi connectivity index (χ1v) is 6.30. The Morgan fingerprint density at radius 3 is 3.00 bits per heavy atom. The summed E-state index contributed by atoms with van der Waals surface area (Å²) in [5.74, 6) is 0. The van der Waals surface area contributed by atoms with Gasteiger partial charge in [0.1, 0.15) is 5.52 Å². The molecule has 0 N–H and O–H groups in total. The Kier molecular flexibility index (Phi) is 2.44. The molecule has 0 bridgehead atoms. The van der Waals surface area contributed by atoms with Crippen LogP contribution in [0.15, 0.2) is 22.7 Å². The van der Waals surface area contributed by atoms with E-state index in [4.69, 9.17) is 0 Å². The van der Waals surface area contributed by atoms with Gasteiger partial charge in [-0.2, -0.15) is 0 Å². The van der Waals surface area contributed by atoms with Crippen LogP contribution in [-0.2, 0) is 0 Å². The summed E-state index contributed by atoms with van der Waals surface area (Å²) in [6.45, 7) is 5.47. The van der Waals surface area contributed by atoms with Crippen LogP contribution in [-0.4, -0.2) is 39.5 Å². The van der Waals surface area contributed by atoms with Gasteiger partial charge in [-0.15, -0.1) is 5.10 Å². The zero-order valence-corrected chi connectivity index (χ0v) is 10.7. The Labute approximate surface area is 102 Å². The number of rotatable bonds is 2. The molecule has 1 saturated heterocycles. The van der Waals surface area contributed by atoms with Crippen LogP contribution in [0, 0.1) is 0 Å². The van der Waals surface area contributed by atoms with Crippen molar-refractivity contribution in [1.29, 1.82) is 0 Å². The molecule has 2 heterocycles. The van der Waals surface area contributed by atoms with Crippen LogP contribution in [0.1, 0.15) is 13.0 Å². The molecule has 1 aromatic carbocycles. The summed E-state index contributed by atoms with van der Waals surface area (Å²) >= 11 is 3.49. The van der Waals surface area contributed by atoms with Crippen molar-refractivity contribution < 1.29 is 0 Å². The Morgan fingerprint density at radius 2 is 2.25 bits per heavy atom. The van der Waals surface area contributed by atoms with Gasteiger partial charge in [-0.3, -0.25) is 4.90 Å². The van der Waals surface area contributed by atoms with E-state index in [-0.39, 0.29) is 0 Å². The van der Waals surface area contributed by atoms with Gasteiger partial charge in [-0.05, 0) is 24.7 Å². The maximum absolute atomic E-state index is 4.25. The van der Waals surface area contributed by atoms with E-state index in [0.29, 0.717) is 6.04 Å². The fraction of sp³-hybridized carbons (Fsp3) is 0.455. The van der Waals surface area contributed by atoms with E-state index in [1.165, 1.54) is 0 Å². The summed E-state index contributed by atoms with van der Waals surface area (Å²) in [5.41, 5.74) is 2.09. The highest BCUT2D eigenvalue weighted by atomic mass is 79.9. The van der Waals surface area contributed by atoms with Crippen molar-refractivity contribution in [3.8, 4) is 0 Å². The summed E-state index contributed by atoms with van der Waals surface area (Å²) < 4.78 is 3.13. The maximum atomic E-state index is 4.25. The van der Waals surface area contributed by atoms with Gasteiger partial charge < -0.3 is 0 Å². The SMILES string of the molecule is CCN1CC(n2nnc3ccc(Br)cc32)C1. The lowest BCUT2D eigenvalue weighted by molar-refractivity contribution is 0.107. The summed E-state index contributed by atoms with van der Waals surface area (Å²) in [4.78, 5) is 2.40. The molecule has 0 amide bonds. The van der Waals surface area contributed by atoms with Gasteiger partial charge in [0, 0.05) is 17.6 Å². The topological polar surface area (TPSA) is 34.0 Å². The highest BCUT2D eigenvalue weighted by molar-refractivity contribution is 9.10. The molecule has 84 valence electrons. The lowest BCUT2D eigenvalue weighted by atomic mass is 10.1. The minimum atomic E-state index is 0.485. The molecule has 1 aliphatic heterocycles. The molecular weight excluding hydrogens is 268 g/mol. The summed E-state index contributed by atoms with van der Waals surface area (Å²) in [6, 6.07) is 6.57. The number of nitrogens with zero attached hydrogens (tertiary/aromatic N) is 4. The average Bonchev–Trinajstić information content (AvgIpc) is 2.60. The van der Waals surface area contributed by atoms with Crippen molar-refractivity contribution >= 4 is 27.0 Å². The molecule has 4 nitrogen and oxygen atoms in total. The van der Waals surface area contributed by atoms with E-state index in [9.17, 15) is 0 Å². The van der Waals surface area contributed by atoms with Crippen LogP contribution in [0.4, 0.5) is 0 Å². The van der Waals surface area contributed by atoms with Crippen molar-refractivity contribution in [2.45, 2.75) is 13.0 Å². The van der Waals surface area contributed by atoms with E-state index in [1.54, 1.807) is 0 Å². The third-order valence-electron chi connectivity index (χ3n) is 3.16. The number of hydrogen-bond donors (Lipinski definition) is 0. The zero-order valence-electron chi connectivity index (χ0n) is 9.10. The van der Waals surface area contributed by atoms with E-state index < -0.39 is 0 Å². The number of hydrogen-bond acceptors (Lipinski definition) is 3. The first-order chi connectivity index (χ1) is 7.78. The summed E-state index contributed by atoms with van der Waals surface area (Å²) in [6.07, 6.45) is 0. The van der Waals surface area contributed by atoms with Crippen molar-refractivity contribution in [3.63, 3.8) is 0 Å². The van der Waals surface area contributed by atoms with Gasteiger partial charge in [0.2, 0.25) is 0 Å². The van der Waals surface area contributed by atoms with E-state index in [2.05, 4.69) is 44.1 Å². The quantitative estimate of drug-likeness (QED) is 0.845. The molecule has 0 saturated carbocycles. The molecule has 1 fully saturated rings. The van der Waals surface area contributed by atoms with Gasteiger partial charge in [-0.1, -0.05) is 28.1 Å². The van der Waals surface area contributed by atoms with E-state index >= 15 is 0 Å². The van der Waals surface area contributed by atoms with Crippen LogP contribution in [0.2, 0.25) is 0 Å². The number of aromatic nitrogens is 3. The summed E-state index contributed by atoms with van der Waals surface area (Å²) in [5, 5.41) is 8.43. The third kappa shape index (κ3) is 1.55. The minimum absolute atomic E-state index is 0.485. The van der Waals surface area contributed by atoms with E-state index in [1.807, 2.05) is 16.8 Å². The number of likely N-dealkylation sites (tertiary alicyclic amines) is 1. The smallest absolute Gasteiger partial charge is 0.113 e. The van der Waals surface area contributed by atoms with Crippen molar-refractivity contribution in [3.05, 3.63) is 22.7 Å². The minimum Gasteiger partial charge on any atom is -0.299 e. The highest BCUT2D eigenvalue weighted by Gasteiger charge is 2.28. The van der Waals surface area contributed by atoms with Crippen LogP contribution in [0.3, 0.4) is 0 Å². The molecule has 1 aliphatic rings. The molecule has 1 aromatic heterocycles. The van der Waals surface area contributed by atoms with E-state index in [0.717, 1.165) is 35.1 Å². The molecule has 0 aliphatic carbocycles. The van der Waals surface area contributed by atoms with Gasteiger partial charge in [0.15, 0.2) is 0 Å². The van der Waals surface area contributed by atoms with Crippen molar-refractivity contribution in [2.24, 2.45) is 0 Å². The van der Waals surface area contributed by atoms with Crippen LogP contribution < -0.4 is 0 Å². The Bertz CT molecular complexity index is 516. The molecule has 3 rings (SSSR count). The lowest BCUT2D eigenvalue weighted by Gasteiger charge is -2.38. The number of benzene rings is 1. The van der Waals surface area contributed by atoms with Crippen molar-refractivity contribution in [1.82, 2.24) is 19.9 Å². The molecule has 2 aromatic rings. The second-order valence-corrected chi connectivity index (χ2v) is 5.09. The first kappa shape index (κ1) is 10.2. The van der Waals surface area contributed by atoms with Gasteiger partial charge in [-0.25, -0.2) is 4.68 Å². The second kappa shape index (κ2) is 3.82. The zero-order chi connectivity index (χ0) is 11.1. The number of fused-ring (bicyclic) bond motifs is 1. The number of halogens is 1. The molecule has 16 heavy (non-hydrogen) atoms. The molecule has 0 radical (unpaired) electrons. The van der Waals surface area contributed by atoms with Gasteiger partial charge >= 0.3 is 0 Å². The van der Waals surface area contributed by atoms with Crippen LogP contribution >= 0.6 is 15.9 Å². The lowest BCUT2D eigenvalue weighted by Crippen LogP contribution is -2.47. The van der Waals surface area contributed by atoms with Gasteiger partial charge in [0.25, 0.3) is 0 Å². The molecule has 5 heteroatoms. The molecule has 0 spiro atoms. The number of likely N-dealkylation sites (N-methyl/N-ethyl adjacent to an activating group) is 1. The van der Waals surface area contributed by atoms with Crippen LogP contribution in [0.5, 0.6) is 0 Å². The monoisotopic (exact) mass is 280 g/mol. The largest absolute Gasteiger partial charge is 0.299 e. The maximum Gasteiger partial charge on any atom is 0.113 e. The highest BCUT2D eigenvalue weighted by Crippen LogP contribution is 2.25. The predicted molar refractivity (Wildman–Crippen MR) is 66.4 cm³/mol. The fourth-order valence-corrected chi connectivity index (χ4v) is 2.48. The first-order valence-electron chi connectivity index (χ1n) is 5.50. The molecule has 0 unspecified atom stereocenters. The Hall–Kier alpha value is -0.940. The standard InChI is InChI=1S/C11H13BrN4/c1-2-15-6-9(7-15)16-11-5-8(12)3-4-10(11)13-14-16/h3-5,9H,2,6-7H2,1H3. The summed E-state index contributed by atoms with van der Waals surface area (Å²) in [7, 11) is 0. The fourth-order valence-electron chi connectivity index (χ4n) is 2.13. The van der Waals surface area contributed by atoms with Crippen molar-refractivity contribution in [2.75, 3.05) is 19.6 Å². The second-order valence-electron chi connectivity index (χ2n) is 4.17. The van der Waals surface area contributed by atoms with Gasteiger partial charge in [0.05, 0.1) is 11.6 Å².